The maximum Gasteiger partial charge on any atom is 0.229 e. The summed E-state index contributed by atoms with van der Waals surface area (Å²) in [5.74, 6) is 2.49. The molecule has 0 N–H and O–H groups in total. The lowest BCUT2D eigenvalue weighted by Gasteiger charge is -2.38. The van der Waals surface area contributed by atoms with Crippen LogP contribution >= 0.6 is 0 Å². The molecule has 2 rings (SSSR count). The highest BCUT2D eigenvalue weighted by Crippen LogP contribution is 2.61. The van der Waals surface area contributed by atoms with Crippen LogP contribution in [-0.4, -0.2) is 29.5 Å². The fraction of sp³-hybridized carbons (Fsp3) is 0.828. The molecule has 0 bridgehead atoms. The van der Waals surface area contributed by atoms with E-state index in [9.17, 15) is 4.79 Å². The third-order valence-electron chi connectivity index (χ3n) is 8.02. The van der Waals surface area contributed by atoms with E-state index in [0.717, 1.165) is 18.4 Å². The average Bonchev–Trinajstić information content (AvgIpc) is 3.10. The minimum absolute atomic E-state index is 0.0614. The first-order valence-corrected chi connectivity index (χ1v) is 19.4. The summed E-state index contributed by atoms with van der Waals surface area (Å²) >= 11 is 0. The molecule has 0 heterocycles. The normalized spacial score (nSPS) is 29.3. The molecule has 3 nitrogen and oxygen atoms in total. The lowest BCUT2D eigenvalue weighted by molar-refractivity contribution is -0.130. The third-order valence-corrected chi connectivity index (χ3v) is 9.65. The minimum Gasteiger partial charge on any atom is -0.550 e. The van der Waals surface area contributed by atoms with E-state index in [1.165, 1.54) is 31.4 Å². The van der Waals surface area contributed by atoms with Gasteiger partial charge in [0, 0.05) is 11.8 Å². The van der Waals surface area contributed by atoms with E-state index >= 15 is 0 Å². The Balaban J connectivity index is 2.64. The molecule has 34 heavy (non-hydrogen) atoms. The molecule has 196 valence electrons. The molecule has 0 saturated heterocycles. The summed E-state index contributed by atoms with van der Waals surface area (Å²) in [6, 6.07) is 0. The molecule has 2 saturated carbocycles. The number of unbranched alkanes of at least 4 members (excludes halogenated alkanes) is 2. The zero-order valence-corrected chi connectivity index (χ0v) is 26.5. The Hall–Kier alpha value is -0.656. The zero-order valence-electron chi connectivity index (χ0n) is 24.2. The van der Waals surface area contributed by atoms with Crippen LogP contribution in [0.25, 0.3) is 0 Å². The molecular weight excluding hydrogens is 452 g/mol. The fourth-order valence-corrected chi connectivity index (χ4v) is 8.32. The standard InChI is InChI=1S/C29H54O3Si2/c1-13-14-15-16-21(27(3,4)5)18-24(31-33(9)10)25-22-17-20(2)26(30)29(22,32-34(11)12)19-23(25)28(6,7)8/h18,21-23,25,33-34H,2,13-17,19H2,1,3-12H3/b24-18+/t21-,22-,23+,25+,29-/m0/s1. The van der Waals surface area contributed by atoms with Crippen LogP contribution in [0.4, 0.5) is 0 Å². The second-order valence-corrected chi connectivity index (χ2v) is 18.4. The maximum atomic E-state index is 13.6. The summed E-state index contributed by atoms with van der Waals surface area (Å²) in [7, 11) is -2.77. The van der Waals surface area contributed by atoms with Crippen LogP contribution in [-0.2, 0) is 13.6 Å². The summed E-state index contributed by atoms with van der Waals surface area (Å²) in [5, 5.41) is 0. The van der Waals surface area contributed by atoms with Gasteiger partial charge in [-0.05, 0) is 79.8 Å². The Morgan fingerprint density at radius 2 is 1.74 bits per heavy atom. The van der Waals surface area contributed by atoms with Crippen molar-refractivity contribution in [2.75, 3.05) is 0 Å². The van der Waals surface area contributed by atoms with Crippen molar-refractivity contribution in [3.63, 3.8) is 0 Å². The van der Waals surface area contributed by atoms with E-state index < -0.39 is 23.7 Å². The monoisotopic (exact) mass is 506 g/mol. The van der Waals surface area contributed by atoms with Gasteiger partial charge in [0.05, 0.1) is 5.76 Å². The van der Waals surface area contributed by atoms with Crippen LogP contribution in [0.15, 0.2) is 24.0 Å². The van der Waals surface area contributed by atoms with E-state index in [4.69, 9.17) is 8.85 Å². The van der Waals surface area contributed by atoms with Gasteiger partial charge in [-0.15, -0.1) is 0 Å². The van der Waals surface area contributed by atoms with Crippen molar-refractivity contribution >= 4 is 23.9 Å². The van der Waals surface area contributed by atoms with Gasteiger partial charge in [0.2, 0.25) is 9.04 Å². The number of hydrogen-bond acceptors (Lipinski definition) is 3. The zero-order chi connectivity index (χ0) is 26.1. The number of carbonyl (C=O) groups excluding carboxylic acids is 1. The summed E-state index contributed by atoms with van der Waals surface area (Å²) in [6.45, 7) is 29.5. The molecule has 2 aliphatic carbocycles. The molecule has 0 aromatic carbocycles. The highest BCUT2D eigenvalue weighted by Gasteiger charge is 2.65. The van der Waals surface area contributed by atoms with Gasteiger partial charge in [-0.1, -0.05) is 74.3 Å². The lowest BCUT2D eigenvalue weighted by Crippen LogP contribution is -2.44. The van der Waals surface area contributed by atoms with Gasteiger partial charge in [-0.25, -0.2) is 0 Å². The van der Waals surface area contributed by atoms with Crippen LogP contribution in [0.2, 0.25) is 26.2 Å². The largest absolute Gasteiger partial charge is 0.550 e. The lowest BCUT2D eigenvalue weighted by atomic mass is 9.70. The van der Waals surface area contributed by atoms with Crippen molar-refractivity contribution in [3.05, 3.63) is 24.0 Å². The predicted molar refractivity (Wildman–Crippen MR) is 151 cm³/mol. The molecule has 0 unspecified atom stereocenters. The van der Waals surface area contributed by atoms with Gasteiger partial charge >= 0.3 is 0 Å². The van der Waals surface area contributed by atoms with Crippen molar-refractivity contribution in [3.8, 4) is 0 Å². The van der Waals surface area contributed by atoms with E-state index in [2.05, 4.69) is 87.3 Å². The first-order chi connectivity index (χ1) is 15.5. The van der Waals surface area contributed by atoms with Crippen molar-refractivity contribution in [1.82, 2.24) is 0 Å². The molecule has 0 radical (unpaired) electrons. The summed E-state index contributed by atoms with van der Waals surface area (Å²) in [4.78, 5) is 13.6. The van der Waals surface area contributed by atoms with Gasteiger partial charge < -0.3 is 8.85 Å². The highest BCUT2D eigenvalue weighted by molar-refractivity contribution is 6.49. The Labute approximate surface area is 214 Å². The molecule has 0 amide bonds. The molecule has 5 heteroatoms. The Bertz CT molecular complexity index is 756. The number of hydrogen-bond donors (Lipinski definition) is 0. The van der Waals surface area contributed by atoms with Crippen molar-refractivity contribution < 1.29 is 13.6 Å². The number of fused-ring (bicyclic) bond motifs is 1. The fourth-order valence-electron chi connectivity index (χ4n) is 6.32. The van der Waals surface area contributed by atoms with Crippen LogP contribution < -0.4 is 0 Å². The van der Waals surface area contributed by atoms with E-state index in [-0.39, 0.29) is 28.4 Å². The topological polar surface area (TPSA) is 35.5 Å². The molecular formula is C29H54O3Si2. The Kier molecular flexibility index (Phi) is 9.71. The smallest absolute Gasteiger partial charge is 0.229 e. The number of allylic oxidation sites excluding steroid dienone is 2. The summed E-state index contributed by atoms with van der Waals surface area (Å²) < 4.78 is 13.6. The van der Waals surface area contributed by atoms with Gasteiger partial charge in [-0.2, -0.15) is 0 Å². The van der Waals surface area contributed by atoms with E-state index in [0.29, 0.717) is 11.8 Å². The maximum absolute atomic E-state index is 13.6. The predicted octanol–water partition coefficient (Wildman–Crippen LogP) is 7.68. The Morgan fingerprint density at radius 1 is 1.12 bits per heavy atom. The van der Waals surface area contributed by atoms with Gasteiger partial charge in [0.1, 0.15) is 5.60 Å². The van der Waals surface area contributed by atoms with Gasteiger partial charge in [0.15, 0.2) is 14.8 Å². The molecule has 0 aromatic heterocycles. The van der Waals surface area contributed by atoms with Gasteiger partial charge in [0.25, 0.3) is 0 Å². The van der Waals surface area contributed by atoms with Crippen molar-refractivity contribution in [2.24, 2.45) is 34.5 Å². The highest BCUT2D eigenvalue weighted by atomic mass is 28.3. The van der Waals surface area contributed by atoms with Crippen LogP contribution in [0, 0.1) is 34.5 Å². The quantitative estimate of drug-likeness (QED) is 0.132. The minimum atomic E-state index is -1.43. The molecule has 2 aliphatic rings. The first-order valence-electron chi connectivity index (χ1n) is 13.8. The molecule has 0 spiro atoms. The SMILES string of the molecule is C=C1C[C@H]2[C@@H](/C(=C\[C@H](CCCCC)C(C)(C)C)O[SiH](C)C)[C@H](C(C)(C)C)C[C@@]2(O[SiH](C)C)C1=O. The summed E-state index contributed by atoms with van der Waals surface area (Å²) in [6.07, 6.45) is 8.99. The second kappa shape index (κ2) is 11.2. The van der Waals surface area contributed by atoms with Crippen molar-refractivity contribution in [2.45, 2.75) is 119 Å². The van der Waals surface area contributed by atoms with Crippen LogP contribution in [0.1, 0.15) is 87.0 Å². The number of carbonyl (C=O) groups is 1. The summed E-state index contributed by atoms with van der Waals surface area (Å²) in [5.41, 5.74) is 0.296. The molecule has 0 aromatic rings. The second-order valence-electron chi connectivity index (χ2n) is 13.7. The van der Waals surface area contributed by atoms with Crippen LogP contribution in [0.5, 0.6) is 0 Å². The molecule has 5 atom stereocenters. The van der Waals surface area contributed by atoms with Crippen molar-refractivity contribution in [1.29, 1.82) is 0 Å². The average molecular weight is 507 g/mol. The van der Waals surface area contributed by atoms with E-state index in [1.807, 2.05) is 0 Å². The first kappa shape index (κ1) is 29.6. The molecule has 2 fully saturated rings. The van der Waals surface area contributed by atoms with Crippen LogP contribution in [0.3, 0.4) is 0 Å². The van der Waals surface area contributed by atoms with E-state index in [1.54, 1.807) is 0 Å². The number of Topliss-reactive ketones (excluding diaryl/α,β-unsaturated/α-hetero) is 1. The Morgan fingerprint density at radius 3 is 2.21 bits per heavy atom. The number of rotatable bonds is 10. The third kappa shape index (κ3) is 6.56. The van der Waals surface area contributed by atoms with Gasteiger partial charge in [-0.3, -0.25) is 4.79 Å². The number of ketones is 1. The molecule has 0 aliphatic heterocycles.